The van der Waals surface area contributed by atoms with Gasteiger partial charge >= 0.3 is 5.69 Å². The quantitative estimate of drug-likeness (QED) is 0.455. The average Bonchev–Trinajstić information content (AvgIpc) is 3.22. The molecule has 9 nitrogen and oxygen atoms in total. The molecule has 0 saturated heterocycles. The largest absolute Gasteiger partial charge is 0.494 e. The molecular formula is C24H23N5O4. The van der Waals surface area contributed by atoms with E-state index in [1.807, 2.05) is 49.4 Å². The van der Waals surface area contributed by atoms with Gasteiger partial charge in [-0.15, -0.1) is 0 Å². The number of fused-ring (bicyclic) bond motifs is 4. The van der Waals surface area contributed by atoms with E-state index in [0.717, 1.165) is 20.9 Å². The lowest BCUT2D eigenvalue weighted by atomic mass is 10.1. The van der Waals surface area contributed by atoms with Crippen molar-refractivity contribution in [1.29, 1.82) is 0 Å². The standard InChI is InChI=1S/C24H23N5O4/c1-4-7-17-20(30)28(13-14-10-11-15-8-5-6-9-16(15)12-14)23-25-19-18(29(23)21(17)31)22(32)27(3)24(33)26(19)2/h5-6,8-12,30H,4,7,13H2,1-3H3. The molecule has 2 aromatic carbocycles. The molecule has 0 aliphatic heterocycles. The number of hydrogen-bond acceptors (Lipinski definition) is 5. The first-order valence-electron chi connectivity index (χ1n) is 10.7. The van der Waals surface area contributed by atoms with Crippen LogP contribution in [0.1, 0.15) is 24.5 Å². The summed E-state index contributed by atoms with van der Waals surface area (Å²) in [5.74, 6) is -0.0709. The van der Waals surface area contributed by atoms with Gasteiger partial charge in [0.1, 0.15) is 0 Å². The van der Waals surface area contributed by atoms with E-state index < -0.39 is 16.8 Å². The molecule has 0 fully saturated rings. The van der Waals surface area contributed by atoms with Crippen molar-refractivity contribution in [3.8, 4) is 5.88 Å². The minimum absolute atomic E-state index is 0.0178. The number of hydrogen-bond donors (Lipinski definition) is 1. The van der Waals surface area contributed by atoms with Gasteiger partial charge in [-0.05, 0) is 28.8 Å². The highest BCUT2D eigenvalue weighted by Crippen LogP contribution is 2.24. The van der Waals surface area contributed by atoms with Gasteiger partial charge in [-0.1, -0.05) is 49.7 Å². The summed E-state index contributed by atoms with van der Waals surface area (Å²) < 4.78 is 4.94. The molecule has 0 amide bonds. The van der Waals surface area contributed by atoms with Crippen molar-refractivity contribution >= 4 is 27.7 Å². The second kappa shape index (κ2) is 7.47. The summed E-state index contributed by atoms with van der Waals surface area (Å²) in [5, 5.41) is 13.2. The Balaban J connectivity index is 1.88. The molecule has 0 aliphatic carbocycles. The van der Waals surface area contributed by atoms with Crippen molar-refractivity contribution in [3.63, 3.8) is 0 Å². The molecule has 0 aliphatic rings. The highest BCUT2D eigenvalue weighted by atomic mass is 16.3. The first-order valence-corrected chi connectivity index (χ1v) is 10.7. The maximum atomic E-state index is 13.4. The fourth-order valence-electron chi connectivity index (χ4n) is 4.38. The summed E-state index contributed by atoms with van der Waals surface area (Å²) in [7, 11) is 2.87. The minimum atomic E-state index is -0.608. The number of benzene rings is 2. The van der Waals surface area contributed by atoms with Crippen LogP contribution in [0.4, 0.5) is 0 Å². The summed E-state index contributed by atoms with van der Waals surface area (Å²) in [4.78, 5) is 43.3. The van der Waals surface area contributed by atoms with Crippen molar-refractivity contribution in [3.05, 3.63) is 84.8 Å². The number of aromatic hydroxyl groups is 1. The molecule has 3 heterocycles. The van der Waals surface area contributed by atoms with Crippen LogP contribution in [-0.2, 0) is 27.1 Å². The minimum Gasteiger partial charge on any atom is -0.494 e. The van der Waals surface area contributed by atoms with E-state index in [1.165, 1.54) is 27.6 Å². The van der Waals surface area contributed by atoms with E-state index in [-0.39, 0.29) is 34.9 Å². The van der Waals surface area contributed by atoms with Gasteiger partial charge in [0.2, 0.25) is 11.7 Å². The summed E-state index contributed by atoms with van der Waals surface area (Å²) in [6.07, 6.45) is 0.970. The number of aryl methyl sites for hydroxylation is 1. The fraction of sp³-hybridized carbons (Fsp3) is 0.250. The van der Waals surface area contributed by atoms with Crippen LogP contribution in [0.3, 0.4) is 0 Å². The lowest BCUT2D eigenvalue weighted by Crippen LogP contribution is -2.38. The SMILES string of the molecule is CCCc1c(O)n(Cc2ccc3ccccc3c2)c2nc3c(c(=O)n(C)c(=O)n3C)n2c1=O. The molecule has 0 bridgehead atoms. The van der Waals surface area contributed by atoms with Crippen LogP contribution in [0.25, 0.3) is 27.7 Å². The summed E-state index contributed by atoms with van der Waals surface area (Å²) >= 11 is 0. The molecule has 0 spiro atoms. The Bertz CT molecular complexity index is 1750. The normalized spacial score (nSPS) is 11.7. The molecule has 168 valence electrons. The predicted molar refractivity (Wildman–Crippen MR) is 126 cm³/mol. The number of aromatic nitrogens is 5. The molecular weight excluding hydrogens is 422 g/mol. The molecule has 5 rings (SSSR count). The number of nitrogens with zero attached hydrogens (tertiary/aromatic N) is 5. The third-order valence-electron chi connectivity index (χ3n) is 6.12. The molecule has 5 aromatic rings. The smallest absolute Gasteiger partial charge is 0.332 e. The molecule has 0 radical (unpaired) electrons. The third kappa shape index (κ3) is 3.00. The highest BCUT2D eigenvalue weighted by molar-refractivity contribution is 5.83. The zero-order valence-corrected chi connectivity index (χ0v) is 18.6. The van der Waals surface area contributed by atoms with Crippen LogP contribution in [0.15, 0.2) is 56.8 Å². The Morgan fingerprint density at radius 3 is 2.39 bits per heavy atom. The lowest BCUT2D eigenvalue weighted by Gasteiger charge is -2.15. The Hall–Kier alpha value is -4.14. The first kappa shape index (κ1) is 20.7. The number of imidazole rings is 1. The van der Waals surface area contributed by atoms with Crippen molar-refractivity contribution in [1.82, 2.24) is 23.1 Å². The Morgan fingerprint density at radius 2 is 1.67 bits per heavy atom. The highest BCUT2D eigenvalue weighted by Gasteiger charge is 2.23. The zero-order valence-electron chi connectivity index (χ0n) is 18.6. The molecule has 1 N–H and O–H groups in total. The van der Waals surface area contributed by atoms with Crippen LogP contribution >= 0.6 is 0 Å². The van der Waals surface area contributed by atoms with Gasteiger partial charge in [-0.3, -0.25) is 23.3 Å². The van der Waals surface area contributed by atoms with E-state index in [9.17, 15) is 19.5 Å². The summed E-state index contributed by atoms with van der Waals surface area (Å²) in [6, 6.07) is 13.9. The van der Waals surface area contributed by atoms with Gasteiger partial charge in [0, 0.05) is 14.1 Å². The van der Waals surface area contributed by atoms with Crippen LogP contribution in [0.2, 0.25) is 0 Å². The van der Waals surface area contributed by atoms with E-state index >= 15 is 0 Å². The lowest BCUT2D eigenvalue weighted by molar-refractivity contribution is 0.411. The first-order chi connectivity index (χ1) is 15.8. The average molecular weight is 445 g/mol. The monoisotopic (exact) mass is 445 g/mol. The van der Waals surface area contributed by atoms with Crippen molar-refractivity contribution in [2.45, 2.75) is 26.3 Å². The van der Waals surface area contributed by atoms with E-state index in [0.29, 0.717) is 12.8 Å². The molecule has 33 heavy (non-hydrogen) atoms. The van der Waals surface area contributed by atoms with Gasteiger partial charge in [0.25, 0.3) is 11.1 Å². The van der Waals surface area contributed by atoms with Gasteiger partial charge in [0.05, 0.1) is 12.1 Å². The third-order valence-corrected chi connectivity index (χ3v) is 6.12. The van der Waals surface area contributed by atoms with E-state index in [4.69, 9.17) is 0 Å². The van der Waals surface area contributed by atoms with E-state index in [2.05, 4.69) is 4.98 Å². The second-order valence-electron chi connectivity index (χ2n) is 8.25. The molecule has 0 atom stereocenters. The maximum absolute atomic E-state index is 13.4. The Morgan fingerprint density at radius 1 is 0.939 bits per heavy atom. The molecule has 9 heteroatoms. The van der Waals surface area contributed by atoms with Gasteiger partial charge < -0.3 is 5.11 Å². The Labute approximate surface area is 187 Å². The van der Waals surface area contributed by atoms with Crippen molar-refractivity contribution in [2.75, 3.05) is 0 Å². The Kier molecular flexibility index (Phi) is 4.70. The predicted octanol–water partition coefficient (Wildman–Crippen LogP) is 1.91. The molecule has 0 unspecified atom stereocenters. The molecule has 3 aromatic heterocycles. The zero-order chi connectivity index (χ0) is 23.4. The van der Waals surface area contributed by atoms with Crippen molar-refractivity contribution in [2.24, 2.45) is 14.1 Å². The summed E-state index contributed by atoms with van der Waals surface area (Å²) in [6.45, 7) is 2.14. The fourth-order valence-corrected chi connectivity index (χ4v) is 4.38. The van der Waals surface area contributed by atoms with Crippen molar-refractivity contribution < 1.29 is 5.11 Å². The second-order valence-corrected chi connectivity index (χ2v) is 8.25. The van der Waals surface area contributed by atoms with Gasteiger partial charge in [-0.25, -0.2) is 9.20 Å². The maximum Gasteiger partial charge on any atom is 0.332 e. The molecule has 0 saturated carbocycles. The van der Waals surface area contributed by atoms with Gasteiger partial charge in [-0.2, -0.15) is 4.98 Å². The van der Waals surface area contributed by atoms with E-state index in [1.54, 1.807) is 0 Å². The van der Waals surface area contributed by atoms with Crippen LogP contribution in [-0.4, -0.2) is 28.2 Å². The number of rotatable bonds is 4. The van der Waals surface area contributed by atoms with Crippen LogP contribution < -0.4 is 16.8 Å². The summed E-state index contributed by atoms with van der Waals surface area (Å²) in [5.41, 5.74) is -0.431. The topological polar surface area (TPSA) is 104 Å². The van der Waals surface area contributed by atoms with Crippen LogP contribution in [0.5, 0.6) is 5.88 Å². The van der Waals surface area contributed by atoms with Gasteiger partial charge in [0.15, 0.2) is 11.2 Å². The van der Waals surface area contributed by atoms with Crippen LogP contribution in [0, 0.1) is 0 Å².